The normalized spacial score (nSPS) is 19.1. The van der Waals surface area contributed by atoms with Gasteiger partial charge in [0.2, 0.25) is 0 Å². The minimum Gasteiger partial charge on any atom is -0.396 e. The number of anilines is 1. The van der Waals surface area contributed by atoms with Crippen LogP contribution < -0.4 is 10.6 Å². The number of nitrogens with one attached hydrogen (secondary N) is 2. The first-order valence-electron chi connectivity index (χ1n) is 10.2. The van der Waals surface area contributed by atoms with E-state index in [0.717, 1.165) is 11.8 Å². The molecule has 0 spiro atoms. The molecule has 170 valence electrons. The molecule has 4 rings (SSSR count). The summed E-state index contributed by atoms with van der Waals surface area (Å²) >= 11 is 5.99. The Balaban J connectivity index is 1.63. The van der Waals surface area contributed by atoms with Gasteiger partial charge >= 0.3 is 0 Å². The first-order valence-corrected chi connectivity index (χ1v) is 10.6. The summed E-state index contributed by atoms with van der Waals surface area (Å²) < 4.78 is 15.6. The number of pyridine rings is 2. The van der Waals surface area contributed by atoms with Gasteiger partial charge in [-0.2, -0.15) is 9.78 Å². The van der Waals surface area contributed by atoms with Crippen LogP contribution in [0.15, 0.2) is 30.7 Å². The maximum Gasteiger partial charge on any atom is 0.255 e. The highest BCUT2D eigenvalue weighted by atomic mass is 35.5. The van der Waals surface area contributed by atoms with Gasteiger partial charge in [0.1, 0.15) is 6.17 Å². The van der Waals surface area contributed by atoms with Crippen LogP contribution in [0.4, 0.5) is 10.1 Å². The third-order valence-electron chi connectivity index (χ3n) is 5.43. The van der Waals surface area contributed by atoms with Gasteiger partial charge in [-0.05, 0) is 26.3 Å². The molecule has 1 unspecified atom stereocenters. The standard InChI is InChI=1S/C21H24ClFN6O3/c1-21(2,32)17(23)9-26-20(31)14-8-24-18(5-16(14)28-15-4-12(15)10-30)29-19-11(6-27-29)3-13(22)7-25-19/h3,5-8,12,15,17,30,32H,4,9-10H2,1-2H3,(H,24,28)(H,26,31)/t12-,15+,17?/m0/s1. The van der Waals surface area contributed by atoms with Crippen LogP contribution in [0, 0.1) is 5.92 Å². The summed E-state index contributed by atoms with van der Waals surface area (Å²) in [5.41, 5.74) is -0.330. The van der Waals surface area contributed by atoms with Crippen molar-refractivity contribution in [3.63, 3.8) is 0 Å². The lowest BCUT2D eigenvalue weighted by Crippen LogP contribution is -2.42. The van der Waals surface area contributed by atoms with Gasteiger partial charge in [-0.25, -0.2) is 14.4 Å². The zero-order valence-electron chi connectivity index (χ0n) is 17.6. The van der Waals surface area contributed by atoms with Crippen LogP contribution >= 0.6 is 11.6 Å². The summed E-state index contributed by atoms with van der Waals surface area (Å²) in [6.45, 7) is 2.37. The smallest absolute Gasteiger partial charge is 0.255 e. The molecule has 0 aromatic carbocycles. The highest BCUT2D eigenvalue weighted by Gasteiger charge is 2.37. The zero-order chi connectivity index (χ0) is 23.0. The summed E-state index contributed by atoms with van der Waals surface area (Å²) in [6.07, 6.45) is 3.64. The number of aromatic nitrogens is 4. The fourth-order valence-electron chi connectivity index (χ4n) is 3.28. The van der Waals surface area contributed by atoms with E-state index in [1.807, 2.05) is 0 Å². The molecule has 3 atom stereocenters. The average Bonchev–Trinajstić information content (AvgIpc) is 3.37. The van der Waals surface area contributed by atoms with E-state index < -0.39 is 17.7 Å². The summed E-state index contributed by atoms with van der Waals surface area (Å²) in [4.78, 5) is 21.4. The molecule has 32 heavy (non-hydrogen) atoms. The lowest BCUT2D eigenvalue weighted by molar-refractivity contribution is -0.00177. The van der Waals surface area contributed by atoms with Gasteiger partial charge in [-0.1, -0.05) is 11.6 Å². The van der Waals surface area contributed by atoms with Gasteiger partial charge in [0.25, 0.3) is 5.91 Å². The van der Waals surface area contributed by atoms with Crippen molar-refractivity contribution in [2.45, 2.75) is 38.1 Å². The molecular formula is C21H24ClFN6O3. The highest BCUT2D eigenvalue weighted by molar-refractivity contribution is 6.31. The Bertz CT molecular complexity index is 1150. The molecule has 9 nitrogen and oxygen atoms in total. The molecule has 0 saturated heterocycles. The predicted octanol–water partition coefficient (Wildman–Crippen LogP) is 2.10. The van der Waals surface area contributed by atoms with Crippen molar-refractivity contribution in [1.29, 1.82) is 0 Å². The van der Waals surface area contributed by atoms with Gasteiger partial charge in [0, 0.05) is 42.4 Å². The molecule has 11 heteroatoms. The molecule has 1 amide bonds. The summed E-state index contributed by atoms with van der Waals surface area (Å²) in [7, 11) is 0. The Kier molecular flexibility index (Phi) is 6.02. The second-order valence-corrected chi connectivity index (χ2v) is 8.91. The van der Waals surface area contributed by atoms with Crippen LogP contribution in [0.2, 0.25) is 5.02 Å². The maximum atomic E-state index is 14.1. The summed E-state index contributed by atoms with van der Waals surface area (Å²) in [6, 6.07) is 3.41. The second kappa shape index (κ2) is 8.61. The first kappa shape index (κ1) is 22.4. The average molecular weight is 463 g/mol. The molecule has 3 heterocycles. The van der Waals surface area contributed by atoms with Crippen molar-refractivity contribution in [3.05, 3.63) is 41.3 Å². The van der Waals surface area contributed by atoms with E-state index in [-0.39, 0.29) is 30.7 Å². The lowest BCUT2D eigenvalue weighted by Gasteiger charge is -2.22. The topological polar surface area (TPSA) is 125 Å². The number of halogens is 2. The number of aliphatic hydroxyl groups excluding tert-OH is 1. The lowest BCUT2D eigenvalue weighted by atomic mass is 10.0. The molecule has 1 saturated carbocycles. The Labute approximate surface area is 188 Å². The SMILES string of the molecule is CC(C)(O)C(F)CNC(=O)c1cnc(-n2ncc3cc(Cl)cnc32)cc1N[C@@H]1C[C@H]1CO. The minimum atomic E-state index is -1.63. The van der Waals surface area contributed by atoms with Crippen molar-refractivity contribution in [1.82, 2.24) is 25.1 Å². The van der Waals surface area contributed by atoms with Gasteiger partial charge < -0.3 is 20.8 Å². The number of carbonyl (C=O) groups excluding carboxylic acids is 1. The Morgan fingerprint density at radius 1 is 1.34 bits per heavy atom. The van der Waals surface area contributed by atoms with Crippen LogP contribution in [0.1, 0.15) is 30.6 Å². The fraction of sp³-hybridized carbons (Fsp3) is 0.429. The van der Waals surface area contributed by atoms with Gasteiger partial charge in [0.05, 0.1) is 34.6 Å². The summed E-state index contributed by atoms with van der Waals surface area (Å²) in [5, 5.41) is 30.4. The van der Waals surface area contributed by atoms with Crippen molar-refractivity contribution in [2.75, 3.05) is 18.5 Å². The van der Waals surface area contributed by atoms with Gasteiger partial charge in [-0.3, -0.25) is 4.79 Å². The molecule has 0 aliphatic heterocycles. The second-order valence-electron chi connectivity index (χ2n) is 8.47. The van der Waals surface area contributed by atoms with Crippen molar-refractivity contribution >= 4 is 34.2 Å². The molecule has 3 aromatic rings. The van der Waals surface area contributed by atoms with Crippen molar-refractivity contribution in [2.24, 2.45) is 5.92 Å². The molecule has 3 aromatic heterocycles. The largest absolute Gasteiger partial charge is 0.396 e. The third kappa shape index (κ3) is 4.67. The molecule has 1 fully saturated rings. The third-order valence-corrected chi connectivity index (χ3v) is 5.64. The zero-order valence-corrected chi connectivity index (χ0v) is 18.3. The Morgan fingerprint density at radius 2 is 2.12 bits per heavy atom. The fourth-order valence-corrected chi connectivity index (χ4v) is 3.44. The molecular weight excluding hydrogens is 439 g/mol. The quantitative estimate of drug-likeness (QED) is 0.404. The van der Waals surface area contributed by atoms with E-state index in [1.165, 1.54) is 30.9 Å². The first-order chi connectivity index (χ1) is 15.2. The number of hydrogen-bond donors (Lipinski definition) is 4. The number of amides is 1. The van der Waals surface area contributed by atoms with Crippen molar-refractivity contribution in [3.8, 4) is 5.82 Å². The number of hydrogen-bond acceptors (Lipinski definition) is 7. The van der Waals surface area contributed by atoms with E-state index in [4.69, 9.17) is 11.6 Å². The van der Waals surface area contributed by atoms with Crippen molar-refractivity contribution < 1.29 is 19.4 Å². The number of carbonyl (C=O) groups is 1. The Morgan fingerprint density at radius 3 is 2.81 bits per heavy atom. The molecule has 1 aliphatic rings. The van der Waals surface area contributed by atoms with Gasteiger partial charge in [0.15, 0.2) is 11.5 Å². The van der Waals surface area contributed by atoms with E-state index in [2.05, 4.69) is 25.7 Å². The molecule has 0 bridgehead atoms. The van der Waals surface area contributed by atoms with E-state index in [9.17, 15) is 19.4 Å². The van der Waals surface area contributed by atoms with E-state index in [1.54, 1.807) is 18.3 Å². The van der Waals surface area contributed by atoms with E-state index in [0.29, 0.717) is 22.2 Å². The van der Waals surface area contributed by atoms with E-state index >= 15 is 0 Å². The van der Waals surface area contributed by atoms with Crippen LogP contribution in [-0.2, 0) is 0 Å². The summed E-state index contributed by atoms with van der Waals surface area (Å²) in [5.74, 6) is -0.00733. The number of nitrogens with zero attached hydrogens (tertiary/aromatic N) is 4. The van der Waals surface area contributed by atoms with Crippen LogP contribution in [0.25, 0.3) is 16.9 Å². The molecule has 4 N–H and O–H groups in total. The minimum absolute atomic E-state index is 0.0124. The molecule has 0 radical (unpaired) electrons. The number of alkyl halides is 1. The van der Waals surface area contributed by atoms with Gasteiger partial charge in [-0.15, -0.1) is 0 Å². The number of aliphatic hydroxyl groups is 2. The number of rotatable bonds is 8. The Hall–Kier alpha value is -2.82. The predicted molar refractivity (Wildman–Crippen MR) is 118 cm³/mol. The maximum absolute atomic E-state index is 14.1. The number of fused-ring (bicyclic) bond motifs is 1. The molecule has 1 aliphatic carbocycles. The highest BCUT2D eigenvalue weighted by Crippen LogP contribution is 2.34. The van der Waals surface area contributed by atoms with Crippen LogP contribution in [0.3, 0.4) is 0 Å². The van der Waals surface area contributed by atoms with Crippen LogP contribution in [0.5, 0.6) is 0 Å². The monoisotopic (exact) mass is 462 g/mol. The van der Waals surface area contributed by atoms with Crippen LogP contribution in [-0.4, -0.2) is 66.8 Å².